The molecule has 2 aromatic heterocycles. The molecule has 2 aromatic rings. The van der Waals surface area contributed by atoms with E-state index in [1.807, 2.05) is 6.92 Å². The number of pyridine rings is 1. The monoisotopic (exact) mass is 208 g/mol. The third kappa shape index (κ3) is 1.26. The highest BCUT2D eigenvalue weighted by molar-refractivity contribution is 7.12. The second-order valence-corrected chi connectivity index (χ2v) is 3.80. The highest BCUT2D eigenvalue weighted by Crippen LogP contribution is 2.22. The number of carboxylic acids is 1. The smallest absolute Gasteiger partial charge is 0.337 e. The minimum atomic E-state index is -0.942. The number of fused-ring (bicyclic) bond motifs is 1. The van der Waals surface area contributed by atoms with Crippen molar-refractivity contribution in [1.82, 2.24) is 9.36 Å². The molecule has 0 saturated carbocycles. The van der Waals surface area contributed by atoms with E-state index in [1.165, 1.54) is 11.5 Å². The zero-order valence-electron chi connectivity index (χ0n) is 7.74. The van der Waals surface area contributed by atoms with Crippen LogP contribution >= 0.6 is 11.5 Å². The van der Waals surface area contributed by atoms with Gasteiger partial charge in [-0.15, -0.1) is 0 Å². The second kappa shape index (κ2) is 3.02. The second-order valence-electron chi connectivity index (χ2n) is 3.05. The van der Waals surface area contributed by atoms with Crippen LogP contribution in [-0.2, 0) is 0 Å². The maximum atomic E-state index is 10.8. The zero-order valence-corrected chi connectivity index (χ0v) is 8.55. The third-order valence-electron chi connectivity index (χ3n) is 2.07. The summed E-state index contributed by atoms with van der Waals surface area (Å²) in [5.41, 5.74) is 1.62. The van der Waals surface area contributed by atoms with Crippen LogP contribution in [0.2, 0.25) is 0 Å². The zero-order chi connectivity index (χ0) is 10.3. The summed E-state index contributed by atoms with van der Waals surface area (Å²) in [7, 11) is 0. The van der Waals surface area contributed by atoms with Crippen LogP contribution in [-0.4, -0.2) is 20.4 Å². The topological polar surface area (TPSA) is 63.1 Å². The summed E-state index contributed by atoms with van der Waals surface area (Å²) >= 11 is 1.29. The molecule has 0 radical (unpaired) electrons. The summed E-state index contributed by atoms with van der Waals surface area (Å²) in [4.78, 5) is 15.8. The molecule has 2 heterocycles. The first-order chi connectivity index (χ1) is 6.59. The number of carbonyl (C=O) groups is 1. The van der Waals surface area contributed by atoms with E-state index >= 15 is 0 Å². The number of hydrogen-bond acceptors (Lipinski definition) is 4. The molecule has 4 nitrogen and oxygen atoms in total. The molecular formula is C9H8N2O2S. The Morgan fingerprint density at radius 1 is 1.43 bits per heavy atom. The summed E-state index contributed by atoms with van der Waals surface area (Å²) in [5, 5.41) is 9.73. The van der Waals surface area contributed by atoms with Gasteiger partial charge in [0, 0.05) is 5.39 Å². The Labute approximate surface area is 84.4 Å². The first kappa shape index (κ1) is 9.08. The van der Waals surface area contributed by atoms with Gasteiger partial charge in [-0.1, -0.05) is 0 Å². The van der Waals surface area contributed by atoms with Gasteiger partial charge >= 0.3 is 5.97 Å². The molecule has 0 fully saturated rings. The fourth-order valence-corrected chi connectivity index (χ4v) is 2.09. The predicted octanol–water partition coefficient (Wildman–Crippen LogP) is 2.01. The van der Waals surface area contributed by atoms with Gasteiger partial charge < -0.3 is 5.11 Å². The maximum Gasteiger partial charge on any atom is 0.337 e. The van der Waals surface area contributed by atoms with Crippen molar-refractivity contribution < 1.29 is 9.90 Å². The molecule has 0 atom stereocenters. The van der Waals surface area contributed by atoms with Gasteiger partial charge in [0.05, 0.1) is 17.0 Å². The van der Waals surface area contributed by atoms with Crippen molar-refractivity contribution >= 4 is 27.7 Å². The lowest BCUT2D eigenvalue weighted by Gasteiger charge is -1.99. The van der Waals surface area contributed by atoms with E-state index in [0.29, 0.717) is 5.69 Å². The molecule has 0 amide bonds. The highest BCUT2D eigenvalue weighted by Gasteiger charge is 2.12. The van der Waals surface area contributed by atoms with E-state index < -0.39 is 5.97 Å². The Bertz CT molecular complexity index is 519. The van der Waals surface area contributed by atoms with Gasteiger partial charge in [-0.2, -0.15) is 4.37 Å². The van der Waals surface area contributed by atoms with Crippen LogP contribution in [0.3, 0.4) is 0 Å². The van der Waals surface area contributed by atoms with Gasteiger partial charge in [-0.3, -0.25) is 0 Å². The van der Waals surface area contributed by atoms with Crippen molar-refractivity contribution in [3.63, 3.8) is 0 Å². The van der Waals surface area contributed by atoms with Crippen LogP contribution in [0.15, 0.2) is 6.07 Å². The minimum Gasteiger partial charge on any atom is -0.478 e. The quantitative estimate of drug-likeness (QED) is 0.778. The van der Waals surface area contributed by atoms with E-state index in [2.05, 4.69) is 9.36 Å². The number of aromatic carboxylic acids is 1. The van der Waals surface area contributed by atoms with Gasteiger partial charge in [0.25, 0.3) is 0 Å². The van der Waals surface area contributed by atoms with Crippen LogP contribution in [0.25, 0.3) is 10.2 Å². The number of aromatic nitrogens is 2. The van der Waals surface area contributed by atoms with Crippen molar-refractivity contribution in [3.8, 4) is 0 Å². The van der Waals surface area contributed by atoms with Crippen LogP contribution in [0.4, 0.5) is 0 Å². The molecule has 5 heteroatoms. The van der Waals surface area contributed by atoms with E-state index in [0.717, 1.165) is 15.9 Å². The Morgan fingerprint density at radius 3 is 2.79 bits per heavy atom. The molecule has 1 N–H and O–H groups in total. The van der Waals surface area contributed by atoms with Crippen LogP contribution in [0, 0.1) is 13.8 Å². The molecular weight excluding hydrogens is 200 g/mol. The number of carboxylic acid groups (broad SMARTS) is 1. The average molecular weight is 208 g/mol. The van der Waals surface area contributed by atoms with E-state index in [4.69, 9.17) is 5.11 Å². The number of rotatable bonds is 1. The van der Waals surface area contributed by atoms with Crippen molar-refractivity contribution in [1.29, 1.82) is 0 Å². The van der Waals surface area contributed by atoms with Gasteiger partial charge in [0.1, 0.15) is 4.83 Å². The van der Waals surface area contributed by atoms with Crippen LogP contribution in [0.5, 0.6) is 0 Å². The summed E-state index contributed by atoms with van der Waals surface area (Å²) in [5.74, 6) is -0.942. The fourth-order valence-electron chi connectivity index (χ4n) is 1.29. The van der Waals surface area contributed by atoms with Crippen molar-refractivity contribution in [3.05, 3.63) is 23.0 Å². The largest absolute Gasteiger partial charge is 0.478 e. The summed E-state index contributed by atoms with van der Waals surface area (Å²) in [6.07, 6.45) is 0. The van der Waals surface area contributed by atoms with E-state index in [9.17, 15) is 4.79 Å². The molecule has 0 unspecified atom stereocenters. The van der Waals surface area contributed by atoms with Crippen molar-refractivity contribution in [2.45, 2.75) is 13.8 Å². The molecule has 2 rings (SSSR count). The Balaban J connectivity index is 2.80. The summed E-state index contributed by atoms with van der Waals surface area (Å²) in [6.45, 7) is 3.54. The Morgan fingerprint density at radius 2 is 2.14 bits per heavy atom. The Kier molecular flexibility index (Phi) is 1.96. The summed E-state index contributed by atoms with van der Waals surface area (Å²) in [6, 6.07) is 1.64. The van der Waals surface area contributed by atoms with Gasteiger partial charge in [0.15, 0.2) is 0 Å². The predicted molar refractivity (Wildman–Crippen MR) is 53.8 cm³/mol. The number of nitrogens with zero attached hydrogens (tertiary/aromatic N) is 2. The van der Waals surface area contributed by atoms with Gasteiger partial charge in [-0.05, 0) is 31.4 Å². The average Bonchev–Trinajstić information content (AvgIpc) is 2.46. The lowest BCUT2D eigenvalue weighted by Crippen LogP contribution is -2.01. The van der Waals surface area contributed by atoms with Gasteiger partial charge in [-0.25, -0.2) is 9.78 Å². The fraction of sp³-hybridized carbons (Fsp3) is 0.222. The minimum absolute atomic E-state index is 0.251. The lowest BCUT2D eigenvalue weighted by atomic mass is 10.1. The molecule has 0 aliphatic rings. The molecule has 14 heavy (non-hydrogen) atoms. The van der Waals surface area contributed by atoms with Crippen molar-refractivity contribution in [2.75, 3.05) is 0 Å². The first-order valence-corrected chi connectivity index (χ1v) is 4.84. The number of hydrogen-bond donors (Lipinski definition) is 1. The van der Waals surface area contributed by atoms with E-state index in [-0.39, 0.29) is 5.56 Å². The molecule has 0 bridgehead atoms. The third-order valence-corrected chi connectivity index (χ3v) is 2.92. The van der Waals surface area contributed by atoms with Gasteiger partial charge in [0.2, 0.25) is 0 Å². The SMILES string of the molecule is Cc1nc2snc(C)c2cc1C(=O)O. The van der Waals surface area contributed by atoms with Crippen molar-refractivity contribution in [2.24, 2.45) is 0 Å². The molecule has 0 saturated heterocycles. The highest BCUT2D eigenvalue weighted by atomic mass is 32.1. The standard InChI is InChI=1S/C9H8N2O2S/c1-4-7(9(12)13)3-6-5(2)11-14-8(6)10-4/h3H,1-2H3,(H,12,13). The van der Waals surface area contributed by atoms with Crippen LogP contribution in [0.1, 0.15) is 21.7 Å². The van der Waals surface area contributed by atoms with E-state index in [1.54, 1.807) is 13.0 Å². The normalized spacial score (nSPS) is 10.7. The number of aryl methyl sites for hydroxylation is 2. The molecule has 72 valence electrons. The molecule has 0 aliphatic carbocycles. The lowest BCUT2D eigenvalue weighted by molar-refractivity contribution is 0.0696. The molecule has 0 aliphatic heterocycles. The first-order valence-electron chi connectivity index (χ1n) is 4.06. The molecule has 0 spiro atoms. The summed E-state index contributed by atoms with van der Waals surface area (Å²) < 4.78 is 4.12. The molecule has 0 aromatic carbocycles. The Hall–Kier alpha value is -1.49. The van der Waals surface area contributed by atoms with Crippen LogP contribution < -0.4 is 0 Å². The maximum absolute atomic E-state index is 10.8.